The topological polar surface area (TPSA) is 33.7 Å². The van der Waals surface area contributed by atoms with Crippen LogP contribution in [-0.4, -0.2) is 45.0 Å². The molecular weight excluding hydrogens is 288 g/mol. The second-order valence-electron chi connectivity index (χ2n) is 7.20. The molecule has 2 rings (SSSR count). The van der Waals surface area contributed by atoms with Crippen molar-refractivity contribution in [3.05, 3.63) is 24.3 Å². The zero-order valence-corrected chi connectivity index (χ0v) is 15.3. The third kappa shape index (κ3) is 5.40. The number of rotatable bonds is 7. The number of methoxy groups -OCH3 is 2. The Bertz CT molecular complexity index is 482. The number of ether oxygens (including phenoxy) is 2. The Balaban J connectivity index is 1.81. The summed E-state index contributed by atoms with van der Waals surface area (Å²) < 4.78 is 10.9. The Kier molecular flexibility index (Phi) is 6.31. The predicted molar refractivity (Wildman–Crippen MR) is 96.5 cm³/mol. The van der Waals surface area contributed by atoms with Crippen molar-refractivity contribution in [2.45, 2.75) is 57.7 Å². The minimum atomic E-state index is -0.0618. The standard InChI is InChI=1S/C19H32N2O2/c1-15(14-19(2,3)23-5)20-16-9-11-21(12-10-16)17-7-6-8-18(13-17)22-4/h6-8,13,15-16,20H,9-12,14H2,1-5H3/t15-/m0/s1. The number of benzene rings is 1. The SMILES string of the molecule is COc1cccc(N2CCC(N[C@@H](C)CC(C)(C)OC)CC2)c1. The summed E-state index contributed by atoms with van der Waals surface area (Å²) >= 11 is 0. The van der Waals surface area contributed by atoms with Crippen LogP contribution in [0.5, 0.6) is 5.75 Å². The van der Waals surface area contributed by atoms with Gasteiger partial charge in [0.25, 0.3) is 0 Å². The summed E-state index contributed by atoms with van der Waals surface area (Å²) in [5.41, 5.74) is 1.20. The second kappa shape index (κ2) is 8.02. The molecule has 0 aromatic heterocycles. The first kappa shape index (κ1) is 18.1. The van der Waals surface area contributed by atoms with Crippen LogP contribution in [0.2, 0.25) is 0 Å². The maximum atomic E-state index is 5.53. The van der Waals surface area contributed by atoms with Crippen LogP contribution in [0.15, 0.2) is 24.3 Å². The molecule has 0 aliphatic carbocycles. The lowest BCUT2D eigenvalue weighted by Gasteiger charge is -2.36. The van der Waals surface area contributed by atoms with Gasteiger partial charge in [-0.2, -0.15) is 0 Å². The first-order chi connectivity index (χ1) is 10.9. The summed E-state index contributed by atoms with van der Waals surface area (Å²) in [7, 11) is 3.51. The molecule has 1 atom stereocenters. The van der Waals surface area contributed by atoms with E-state index in [0.29, 0.717) is 12.1 Å². The molecule has 0 radical (unpaired) electrons. The highest BCUT2D eigenvalue weighted by molar-refractivity contribution is 5.51. The van der Waals surface area contributed by atoms with Crippen LogP contribution in [0.1, 0.15) is 40.0 Å². The molecule has 1 N–H and O–H groups in total. The molecule has 1 aromatic carbocycles. The molecule has 4 nitrogen and oxygen atoms in total. The van der Waals surface area contributed by atoms with Gasteiger partial charge in [0.15, 0.2) is 0 Å². The molecule has 1 aliphatic rings. The first-order valence-electron chi connectivity index (χ1n) is 8.64. The molecule has 0 spiro atoms. The van der Waals surface area contributed by atoms with Crippen LogP contribution in [0.3, 0.4) is 0 Å². The maximum Gasteiger partial charge on any atom is 0.120 e. The molecule has 1 fully saturated rings. The average molecular weight is 320 g/mol. The lowest BCUT2D eigenvalue weighted by Crippen LogP contribution is -2.47. The second-order valence-corrected chi connectivity index (χ2v) is 7.20. The minimum Gasteiger partial charge on any atom is -0.497 e. The molecule has 1 heterocycles. The quantitative estimate of drug-likeness (QED) is 0.834. The fraction of sp³-hybridized carbons (Fsp3) is 0.684. The lowest BCUT2D eigenvalue weighted by molar-refractivity contribution is 0.00744. The van der Waals surface area contributed by atoms with Crippen molar-refractivity contribution in [2.75, 3.05) is 32.2 Å². The van der Waals surface area contributed by atoms with Gasteiger partial charge in [-0.05, 0) is 52.2 Å². The van der Waals surface area contributed by atoms with Gasteiger partial charge in [-0.3, -0.25) is 0 Å². The van der Waals surface area contributed by atoms with Crippen molar-refractivity contribution in [3.8, 4) is 5.75 Å². The Morgan fingerprint density at radius 2 is 1.96 bits per heavy atom. The number of nitrogens with zero attached hydrogens (tertiary/aromatic N) is 1. The summed E-state index contributed by atoms with van der Waals surface area (Å²) in [6.07, 6.45) is 3.38. The van der Waals surface area contributed by atoms with Gasteiger partial charge in [0.2, 0.25) is 0 Å². The smallest absolute Gasteiger partial charge is 0.120 e. The van der Waals surface area contributed by atoms with Gasteiger partial charge in [0.1, 0.15) is 5.75 Å². The number of hydrogen-bond donors (Lipinski definition) is 1. The Hall–Kier alpha value is -1.26. The van der Waals surface area contributed by atoms with Crippen molar-refractivity contribution in [2.24, 2.45) is 0 Å². The molecule has 1 aromatic rings. The average Bonchev–Trinajstić information content (AvgIpc) is 2.55. The predicted octanol–water partition coefficient (Wildman–Crippen LogP) is 3.46. The van der Waals surface area contributed by atoms with Crippen LogP contribution >= 0.6 is 0 Å². The summed E-state index contributed by atoms with van der Waals surface area (Å²) in [4.78, 5) is 2.45. The molecule has 130 valence electrons. The van der Waals surface area contributed by atoms with E-state index in [9.17, 15) is 0 Å². The van der Waals surface area contributed by atoms with E-state index < -0.39 is 0 Å². The maximum absolute atomic E-state index is 5.53. The third-order valence-electron chi connectivity index (χ3n) is 4.78. The highest BCUT2D eigenvalue weighted by Crippen LogP contribution is 2.24. The minimum absolute atomic E-state index is 0.0618. The van der Waals surface area contributed by atoms with Crippen LogP contribution in [0.25, 0.3) is 0 Å². The zero-order valence-electron chi connectivity index (χ0n) is 15.3. The molecule has 0 amide bonds. The van der Waals surface area contributed by atoms with Crippen molar-refractivity contribution >= 4 is 5.69 Å². The van der Waals surface area contributed by atoms with Gasteiger partial charge < -0.3 is 19.7 Å². The lowest BCUT2D eigenvalue weighted by atomic mass is 9.97. The molecule has 1 aliphatic heterocycles. The molecule has 0 saturated carbocycles. The van der Waals surface area contributed by atoms with E-state index in [4.69, 9.17) is 9.47 Å². The Labute approximate surface area is 141 Å². The third-order valence-corrected chi connectivity index (χ3v) is 4.78. The number of piperidine rings is 1. The fourth-order valence-corrected chi connectivity index (χ4v) is 3.39. The molecule has 4 heteroatoms. The van der Waals surface area contributed by atoms with E-state index in [1.54, 1.807) is 14.2 Å². The van der Waals surface area contributed by atoms with Gasteiger partial charge >= 0.3 is 0 Å². The van der Waals surface area contributed by atoms with E-state index in [-0.39, 0.29) is 5.60 Å². The van der Waals surface area contributed by atoms with Crippen molar-refractivity contribution in [1.82, 2.24) is 5.32 Å². The van der Waals surface area contributed by atoms with Gasteiger partial charge in [0, 0.05) is 44.0 Å². The summed E-state index contributed by atoms with van der Waals surface area (Å²) in [5, 5.41) is 3.77. The Morgan fingerprint density at radius 1 is 1.26 bits per heavy atom. The van der Waals surface area contributed by atoms with Crippen molar-refractivity contribution in [1.29, 1.82) is 0 Å². The Morgan fingerprint density at radius 3 is 2.57 bits per heavy atom. The van der Waals surface area contributed by atoms with E-state index in [1.807, 2.05) is 6.07 Å². The number of nitrogens with one attached hydrogen (secondary N) is 1. The molecular formula is C19H32N2O2. The van der Waals surface area contributed by atoms with Gasteiger partial charge in [-0.15, -0.1) is 0 Å². The van der Waals surface area contributed by atoms with Crippen molar-refractivity contribution in [3.63, 3.8) is 0 Å². The van der Waals surface area contributed by atoms with Crippen LogP contribution in [-0.2, 0) is 4.74 Å². The molecule has 0 bridgehead atoms. The van der Waals surface area contributed by atoms with Crippen LogP contribution in [0, 0.1) is 0 Å². The molecule has 1 saturated heterocycles. The van der Waals surface area contributed by atoms with Crippen molar-refractivity contribution < 1.29 is 9.47 Å². The van der Waals surface area contributed by atoms with E-state index >= 15 is 0 Å². The van der Waals surface area contributed by atoms with Crippen LogP contribution < -0.4 is 15.0 Å². The van der Waals surface area contributed by atoms with Gasteiger partial charge in [0.05, 0.1) is 12.7 Å². The normalized spacial score (nSPS) is 18.0. The summed E-state index contributed by atoms with van der Waals surface area (Å²) in [6, 6.07) is 9.42. The number of anilines is 1. The molecule has 0 unspecified atom stereocenters. The molecule has 23 heavy (non-hydrogen) atoms. The number of hydrogen-bond acceptors (Lipinski definition) is 4. The van der Waals surface area contributed by atoms with Gasteiger partial charge in [-0.1, -0.05) is 6.07 Å². The summed E-state index contributed by atoms with van der Waals surface area (Å²) in [6.45, 7) is 8.73. The fourth-order valence-electron chi connectivity index (χ4n) is 3.39. The van der Waals surface area contributed by atoms with Crippen LogP contribution in [0.4, 0.5) is 5.69 Å². The highest BCUT2D eigenvalue weighted by atomic mass is 16.5. The summed E-state index contributed by atoms with van der Waals surface area (Å²) in [5.74, 6) is 0.929. The van der Waals surface area contributed by atoms with E-state index in [1.165, 1.54) is 18.5 Å². The highest BCUT2D eigenvalue weighted by Gasteiger charge is 2.24. The zero-order chi connectivity index (χ0) is 16.9. The first-order valence-corrected chi connectivity index (χ1v) is 8.64. The van der Waals surface area contributed by atoms with Gasteiger partial charge in [-0.25, -0.2) is 0 Å². The largest absolute Gasteiger partial charge is 0.497 e. The van der Waals surface area contributed by atoms with E-state index in [2.05, 4.69) is 49.2 Å². The van der Waals surface area contributed by atoms with E-state index in [0.717, 1.165) is 25.3 Å². The monoisotopic (exact) mass is 320 g/mol.